The maximum atomic E-state index is 12.6. The van der Waals surface area contributed by atoms with Gasteiger partial charge in [-0.15, -0.1) is 0 Å². The number of anilines is 1. The van der Waals surface area contributed by atoms with Crippen LogP contribution in [0.4, 0.5) is 5.69 Å². The van der Waals surface area contributed by atoms with E-state index >= 15 is 0 Å². The number of nitrogens with two attached hydrogens (primary N) is 1. The molecule has 5 heteroatoms. The number of sulfonamides is 1. The molecule has 0 aliphatic heterocycles. The lowest BCUT2D eigenvalue weighted by Crippen LogP contribution is -2.27. The van der Waals surface area contributed by atoms with Crippen molar-refractivity contribution in [2.45, 2.75) is 25.3 Å². The molecule has 2 aromatic rings. The van der Waals surface area contributed by atoms with E-state index in [0.717, 1.165) is 16.7 Å². The third-order valence-corrected chi connectivity index (χ3v) is 5.41. The van der Waals surface area contributed by atoms with Crippen molar-refractivity contribution in [3.8, 4) is 0 Å². The Morgan fingerprint density at radius 2 is 1.71 bits per heavy atom. The van der Waals surface area contributed by atoms with Gasteiger partial charge in [0.25, 0.3) is 0 Å². The number of aryl methyl sites for hydroxylation is 2. The summed E-state index contributed by atoms with van der Waals surface area (Å²) in [6.07, 6.45) is 0. The highest BCUT2D eigenvalue weighted by Gasteiger charge is 2.21. The van der Waals surface area contributed by atoms with Crippen molar-refractivity contribution in [3.63, 3.8) is 0 Å². The molecule has 2 N–H and O–H groups in total. The van der Waals surface area contributed by atoms with Gasteiger partial charge in [0, 0.05) is 19.3 Å². The lowest BCUT2D eigenvalue weighted by atomic mass is 10.1. The van der Waals surface area contributed by atoms with Crippen molar-refractivity contribution >= 4 is 15.7 Å². The second kappa shape index (κ2) is 5.87. The van der Waals surface area contributed by atoms with Gasteiger partial charge in [-0.1, -0.05) is 30.3 Å². The topological polar surface area (TPSA) is 63.4 Å². The largest absolute Gasteiger partial charge is 0.398 e. The number of hydrogen-bond acceptors (Lipinski definition) is 3. The summed E-state index contributed by atoms with van der Waals surface area (Å²) < 4.78 is 26.5. The third kappa shape index (κ3) is 3.25. The van der Waals surface area contributed by atoms with Gasteiger partial charge in [0.15, 0.2) is 0 Å². The molecule has 0 saturated carbocycles. The molecule has 21 heavy (non-hydrogen) atoms. The highest BCUT2D eigenvalue weighted by atomic mass is 32.2. The summed E-state index contributed by atoms with van der Waals surface area (Å²) in [4.78, 5) is 0.224. The summed E-state index contributed by atoms with van der Waals surface area (Å²) >= 11 is 0. The van der Waals surface area contributed by atoms with Gasteiger partial charge in [-0.2, -0.15) is 4.31 Å². The molecule has 0 radical (unpaired) electrons. The van der Waals surface area contributed by atoms with Gasteiger partial charge in [0.2, 0.25) is 10.0 Å². The molecule has 0 unspecified atom stereocenters. The molecule has 0 spiro atoms. The first-order valence-electron chi connectivity index (χ1n) is 6.69. The predicted octanol–water partition coefficient (Wildman–Crippen LogP) is 2.71. The molecule has 0 amide bonds. The molecule has 4 nitrogen and oxygen atoms in total. The predicted molar refractivity (Wildman–Crippen MR) is 85.4 cm³/mol. The molecule has 112 valence electrons. The zero-order valence-corrected chi connectivity index (χ0v) is 13.3. The summed E-state index contributed by atoms with van der Waals surface area (Å²) in [5, 5.41) is 0. The van der Waals surface area contributed by atoms with Gasteiger partial charge in [-0.25, -0.2) is 8.42 Å². The van der Waals surface area contributed by atoms with Crippen molar-refractivity contribution in [2.24, 2.45) is 0 Å². The molecule has 0 aliphatic rings. The fraction of sp³-hybridized carbons (Fsp3) is 0.250. The minimum atomic E-state index is -3.54. The maximum Gasteiger partial charge on any atom is 0.243 e. The lowest BCUT2D eigenvalue weighted by Gasteiger charge is -2.19. The van der Waals surface area contributed by atoms with Crippen molar-refractivity contribution < 1.29 is 8.42 Å². The zero-order valence-electron chi connectivity index (χ0n) is 12.5. The number of benzene rings is 2. The van der Waals surface area contributed by atoms with Gasteiger partial charge in [0.1, 0.15) is 0 Å². The smallest absolute Gasteiger partial charge is 0.243 e. The Bertz CT molecular complexity index is 755. The van der Waals surface area contributed by atoms with E-state index in [2.05, 4.69) is 0 Å². The van der Waals surface area contributed by atoms with Crippen LogP contribution in [0.5, 0.6) is 0 Å². The Hall–Kier alpha value is -1.85. The molecule has 0 heterocycles. The van der Waals surface area contributed by atoms with Crippen molar-refractivity contribution in [1.82, 2.24) is 4.31 Å². The summed E-state index contributed by atoms with van der Waals surface area (Å²) in [6, 6.07) is 12.6. The quantitative estimate of drug-likeness (QED) is 0.883. The van der Waals surface area contributed by atoms with Crippen molar-refractivity contribution in [2.75, 3.05) is 12.8 Å². The van der Waals surface area contributed by atoms with Gasteiger partial charge < -0.3 is 5.73 Å². The first-order chi connectivity index (χ1) is 9.82. The standard InChI is InChI=1S/C16H20N2O2S/c1-12-6-4-5-7-14(12)11-18(3)21(19,20)15-9-8-13(2)16(17)10-15/h4-10H,11,17H2,1-3H3. The Kier molecular flexibility index (Phi) is 4.34. The van der Waals surface area contributed by atoms with Crippen molar-refractivity contribution in [3.05, 3.63) is 59.2 Å². The molecule has 0 bridgehead atoms. The van der Waals surface area contributed by atoms with Crippen LogP contribution >= 0.6 is 0 Å². The molecular formula is C16H20N2O2S. The minimum absolute atomic E-state index is 0.224. The Labute approximate surface area is 126 Å². The zero-order chi connectivity index (χ0) is 15.6. The van der Waals surface area contributed by atoms with E-state index in [9.17, 15) is 8.42 Å². The van der Waals surface area contributed by atoms with Crippen LogP contribution in [-0.4, -0.2) is 19.8 Å². The lowest BCUT2D eigenvalue weighted by molar-refractivity contribution is 0.466. The highest BCUT2D eigenvalue weighted by Crippen LogP contribution is 2.22. The van der Waals surface area contributed by atoms with E-state index in [0.29, 0.717) is 12.2 Å². The van der Waals surface area contributed by atoms with Gasteiger partial charge in [-0.3, -0.25) is 0 Å². The van der Waals surface area contributed by atoms with E-state index in [4.69, 9.17) is 5.73 Å². The van der Waals surface area contributed by atoms with Crippen LogP contribution in [0, 0.1) is 13.8 Å². The average Bonchev–Trinajstić information content (AvgIpc) is 2.44. The fourth-order valence-electron chi connectivity index (χ4n) is 2.07. The SMILES string of the molecule is Cc1ccc(S(=O)(=O)N(C)Cc2ccccc2C)cc1N. The molecule has 0 saturated heterocycles. The molecule has 0 fully saturated rings. The molecular weight excluding hydrogens is 284 g/mol. The molecule has 2 aromatic carbocycles. The van der Waals surface area contributed by atoms with Crippen LogP contribution in [0.15, 0.2) is 47.4 Å². The number of rotatable bonds is 4. The van der Waals surface area contributed by atoms with Crippen LogP contribution in [0.3, 0.4) is 0 Å². The Morgan fingerprint density at radius 3 is 2.33 bits per heavy atom. The summed E-state index contributed by atoms with van der Waals surface area (Å²) in [7, 11) is -1.96. The first-order valence-corrected chi connectivity index (χ1v) is 8.13. The Balaban J connectivity index is 2.30. The molecule has 0 atom stereocenters. The van der Waals surface area contributed by atoms with E-state index in [1.807, 2.05) is 38.1 Å². The van der Waals surface area contributed by atoms with Crippen LogP contribution in [0.25, 0.3) is 0 Å². The average molecular weight is 304 g/mol. The highest BCUT2D eigenvalue weighted by molar-refractivity contribution is 7.89. The monoisotopic (exact) mass is 304 g/mol. The van der Waals surface area contributed by atoms with E-state index in [-0.39, 0.29) is 4.90 Å². The minimum Gasteiger partial charge on any atom is -0.398 e. The second-order valence-electron chi connectivity index (χ2n) is 5.21. The first kappa shape index (κ1) is 15.5. The van der Waals surface area contributed by atoms with Crippen LogP contribution in [0.2, 0.25) is 0 Å². The van der Waals surface area contributed by atoms with E-state index < -0.39 is 10.0 Å². The normalized spacial score (nSPS) is 11.8. The van der Waals surface area contributed by atoms with E-state index in [1.54, 1.807) is 19.2 Å². The summed E-state index contributed by atoms with van der Waals surface area (Å²) in [5.74, 6) is 0. The molecule has 0 aliphatic carbocycles. The van der Waals surface area contributed by atoms with Gasteiger partial charge >= 0.3 is 0 Å². The van der Waals surface area contributed by atoms with Crippen LogP contribution in [-0.2, 0) is 16.6 Å². The molecule has 0 aromatic heterocycles. The van der Waals surface area contributed by atoms with Gasteiger partial charge in [0.05, 0.1) is 4.90 Å². The number of nitrogens with zero attached hydrogens (tertiary/aromatic N) is 1. The van der Waals surface area contributed by atoms with E-state index in [1.165, 1.54) is 10.4 Å². The summed E-state index contributed by atoms with van der Waals surface area (Å²) in [5.41, 5.74) is 9.23. The number of nitrogen functional groups attached to an aromatic ring is 1. The Morgan fingerprint density at radius 1 is 1.05 bits per heavy atom. The van der Waals surface area contributed by atoms with Crippen LogP contribution in [0.1, 0.15) is 16.7 Å². The van der Waals surface area contributed by atoms with Crippen molar-refractivity contribution in [1.29, 1.82) is 0 Å². The second-order valence-corrected chi connectivity index (χ2v) is 7.25. The third-order valence-electron chi connectivity index (χ3n) is 3.61. The fourth-order valence-corrected chi connectivity index (χ4v) is 3.26. The molecule has 2 rings (SSSR count). The summed E-state index contributed by atoms with van der Waals surface area (Å²) in [6.45, 7) is 4.16. The van der Waals surface area contributed by atoms with Crippen LogP contribution < -0.4 is 5.73 Å². The van der Waals surface area contributed by atoms with Gasteiger partial charge in [-0.05, 0) is 42.7 Å². The maximum absolute atomic E-state index is 12.6. The number of hydrogen-bond donors (Lipinski definition) is 1.